The lowest BCUT2D eigenvalue weighted by Crippen LogP contribution is -2.12. The van der Waals surface area contributed by atoms with Crippen molar-refractivity contribution in [2.45, 2.75) is 19.8 Å². The third-order valence-electron chi connectivity index (χ3n) is 3.36. The number of fused-ring (bicyclic) bond motifs is 1. The molecule has 2 aromatic rings. The van der Waals surface area contributed by atoms with Crippen molar-refractivity contribution in [2.24, 2.45) is 5.41 Å². The predicted molar refractivity (Wildman–Crippen MR) is 65.4 cm³/mol. The van der Waals surface area contributed by atoms with E-state index in [2.05, 4.69) is 28.5 Å². The molecule has 1 aliphatic carbocycles. The van der Waals surface area contributed by atoms with Crippen molar-refractivity contribution in [1.82, 2.24) is 10.2 Å². The van der Waals surface area contributed by atoms with Gasteiger partial charge in [-0.15, -0.1) is 0 Å². The van der Waals surface area contributed by atoms with E-state index in [9.17, 15) is 0 Å². The van der Waals surface area contributed by atoms with Crippen molar-refractivity contribution in [3.05, 3.63) is 30.5 Å². The van der Waals surface area contributed by atoms with Gasteiger partial charge >= 0.3 is 0 Å². The summed E-state index contributed by atoms with van der Waals surface area (Å²) in [4.78, 5) is 0. The zero-order valence-electron chi connectivity index (χ0n) is 9.40. The maximum atomic E-state index is 4.11. The molecule has 0 spiro atoms. The largest absolute Gasteiger partial charge is 0.383 e. The highest BCUT2D eigenvalue weighted by molar-refractivity contribution is 5.90. The first-order valence-electron chi connectivity index (χ1n) is 5.71. The summed E-state index contributed by atoms with van der Waals surface area (Å²) < 4.78 is 0. The van der Waals surface area contributed by atoms with Gasteiger partial charge in [-0.2, -0.15) is 10.2 Å². The second kappa shape index (κ2) is 3.44. The van der Waals surface area contributed by atoms with Crippen LogP contribution in [-0.2, 0) is 0 Å². The number of anilines is 1. The van der Waals surface area contributed by atoms with Gasteiger partial charge in [0.25, 0.3) is 0 Å². The van der Waals surface area contributed by atoms with E-state index in [0.29, 0.717) is 5.41 Å². The normalized spacial score (nSPS) is 17.3. The van der Waals surface area contributed by atoms with Crippen LogP contribution in [0, 0.1) is 5.41 Å². The average Bonchev–Trinajstić information content (AvgIpc) is 3.05. The fourth-order valence-electron chi connectivity index (χ4n) is 1.85. The Morgan fingerprint density at radius 1 is 1.31 bits per heavy atom. The molecule has 1 aliphatic rings. The molecule has 1 N–H and O–H groups in total. The van der Waals surface area contributed by atoms with Gasteiger partial charge < -0.3 is 5.32 Å². The Bertz CT molecular complexity index is 512. The molecule has 0 radical (unpaired) electrons. The van der Waals surface area contributed by atoms with Crippen molar-refractivity contribution in [1.29, 1.82) is 0 Å². The van der Waals surface area contributed by atoms with E-state index in [1.807, 2.05) is 24.4 Å². The van der Waals surface area contributed by atoms with Gasteiger partial charge in [0.05, 0.1) is 17.4 Å². The molecular formula is C13H15N3. The first-order valence-corrected chi connectivity index (χ1v) is 5.71. The molecule has 1 aromatic carbocycles. The molecule has 3 rings (SSSR count). The van der Waals surface area contributed by atoms with E-state index in [-0.39, 0.29) is 0 Å². The number of nitrogens with one attached hydrogen (secondary N) is 1. The van der Waals surface area contributed by atoms with Crippen LogP contribution in [0.1, 0.15) is 19.8 Å². The Labute approximate surface area is 94.9 Å². The Balaban J connectivity index is 1.90. The first-order chi connectivity index (χ1) is 7.77. The third kappa shape index (κ3) is 1.73. The van der Waals surface area contributed by atoms with E-state index in [0.717, 1.165) is 23.1 Å². The highest BCUT2D eigenvalue weighted by Gasteiger charge is 2.36. The minimum Gasteiger partial charge on any atom is -0.383 e. The fourth-order valence-corrected chi connectivity index (χ4v) is 1.85. The molecule has 3 nitrogen and oxygen atoms in total. The summed E-state index contributed by atoms with van der Waals surface area (Å²) in [6.45, 7) is 3.35. The zero-order valence-corrected chi connectivity index (χ0v) is 9.40. The summed E-state index contributed by atoms with van der Waals surface area (Å²) in [5.74, 6) is 0. The molecule has 16 heavy (non-hydrogen) atoms. The molecule has 0 unspecified atom stereocenters. The molecule has 3 heteroatoms. The average molecular weight is 213 g/mol. The van der Waals surface area contributed by atoms with Crippen molar-refractivity contribution < 1.29 is 0 Å². The molecule has 1 heterocycles. The quantitative estimate of drug-likeness (QED) is 0.852. The maximum absolute atomic E-state index is 4.11. The third-order valence-corrected chi connectivity index (χ3v) is 3.36. The smallest absolute Gasteiger partial charge is 0.0950 e. The van der Waals surface area contributed by atoms with Crippen LogP contribution in [0.5, 0.6) is 0 Å². The lowest BCUT2D eigenvalue weighted by molar-refractivity contribution is 0.611. The number of aromatic nitrogens is 2. The van der Waals surface area contributed by atoms with Crippen LogP contribution in [0.4, 0.5) is 5.69 Å². The highest BCUT2D eigenvalue weighted by atomic mass is 15.1. The van der Waals surface area contributed by atoms with E-state index < -0.39 is 0 Å². The topological polar surface area (TPSA) is 37.8 Å². The van der Waals surface area contributed by atoms with Crippen molar-refractivity contribution >= 4 is 16.6 Å². The van der Waals surface area contributed by atoms with Crippen LogP contribution in [-0.4, -0.2) is 16.7 Å². The molecule has 0 amide bonds. The Morgan fingerprint density at radius 2 is 2.12 bits per heavy atom. The van der Waals surface area contributed by atoms with Crippen LogP contribution < -0.4 is 5.32 Å². The number of nitrogens with zero attached hydrogens (tertiary/aromatic N) is 2. The Kier molecular flexibility index (Phi) is 2.06. The van der Waals surface area contributed by atoms with Gasteiger partial charge in [0.2, 0.25) is 0 Å². The van der Waals surface area contributed by atoms with Gasteiger partial charge in [-0.3, -0.25) is 0 Å². The van der Waals surface area contributed by atoms with Crippen molar-refractivity contribution in [2.75, 3.05) is 11.9 Å². The monoisotopic (exact) mass is 213 g/mol. The summed E-state index contributed by atoms with van der Waals surface area (Å²) in [5.41, 5.74) is 2.55. The van der Waals surface area contributed by atoms with E-state index in [4.69, 9.17) is 0 Å². The van der Waals surface area contributed by atoms with Crippen LogP contribution >= 0.6 is 0 Å². The zero-order chi connectivity index (χ0) is 11.0. The standard InChI is InChI=1S/C13H15N3/c1-13(6-7-13)9-14-12-8-15-16-11-5-3-2-4-10(11)12/h2-5,8H,6-7,9H2,1H3,(H,14,16). The van der Waals surface area contributed by atoms with E-state index >= 15 is 0 Å². The first kappa shape index (κ1) is 9.58. The number of rotatable bonds is 3. The van der Waals surface area contributed by atoms with Gasteiger partial charge in [-0.25, -0.2) is 0 Å². The highest BCUT2D eigenvalue weighted by Crippen LogP contribution is 2.44. The molecular weight excluding hydrogens is 198 g/mol. The lowest BCUT2D eigenvalue weighted by atomic mass is 10.1. The van der Waals surface area contributed by atoms with E-state index in [1.165, 1.54) is 12.8 Å². The molecule has 0 saturated heterocycles. The Morgan fingerprint density at radius 3 is 2.94 bits per heavy atom. The fraction of sp³-hybridized carbons (Fsp3) is 0.385. The summed E-state index contributed by atoms with van der Waals surface area (Å²) in [7, 11) is 0. The number of hydrogen-bond acceptors (Lipinski definition) is 3. The van der Waals surface area contributed by atoms with Gasteiger partial charge in [-0.1, -0.05) is 25.1 Å². The second-order valence-corrected chi connectivity index (χ2v) is 4.94. The number of benzene rings is 1. The van der Waals surface area contributed by atoms with Crippen LogP contribution in [0.3, 0.4) is 0 Å². The molecule has 0 bridgehead atoms. The minimum absolute atomic E-state index is 0.504. The Hall–Kier alpha value is -1.64. The lowest BCUT2D eigenvalue weighted by Gasteiger charge is -2.12. The summed E-state index contributed by atoms with van der Waals surface area (Å²) in [6, 6.07) is 8.10. The van der Waals surface area contributed by atoms with Crippen LogP contribution in [0.15, 0.2) is 30.5 Å². The molecule has 1 aromatic heterocycles. The van der Waals surface area contributed by atoms with Crippen LogP contribution in [0.25, 0.3) is 10.9 Å². The minimum atomic E-state index is 0.504. The van der Waals surface area contributed by atoms with Crippen molar-refractivity contribution in [3.8, 4) is 0 Å². The number of hydrogen-bond donors (Lipinski definition) is 1. The van der Waals surface area contributed by atoms with E-state index in [1.54, 1.807) is 0 Å². The molecule has 1 saturated carbocycles. The molecule has 1 fully saturated rings. The van der Waals surface area contributed by atoms with Gasteiger partial charge in [0.15, 0.2) is 0 Å². The van der Waals surface area contributed by atoms with Crippen LogP contribution in [0.2, 0.25) is 0 Å². The molecule has 0 atom stereocenters. The van der Waals surface area contributed by atoms with Gasteiger partial charge in [0, 0.05) is 11.9 Å². The van der Waals surface area contributed by atoms with Gasteiger partial charge in [0.1, 0.15) is 0 Å². The summed E-state index contributed by atoms with van der Waals surface area (Å²) in [5, 5.41) is 12.8. The summed E-state index contributed by atoms with van der Waals surface area (Å²) >= 11 is 0. The molecule has 82 valence electrons. The van der Waals surface area contributed by atoms with Gasteiger partial charge in [-0.05, 0) is 24.3 Å². The maximum Gasteiger partial charge on any atom is 0.0950 e. The van der Waals surface area contributed by atoms with Crippen molar-refractivity contribution in [3.63, 3.8) is 0 Å². The summed E-state index contributed by atoms with van der Waals surface area (Å²) in [6.07, 6.45) is 4.47. The molecule has 0 aliphatic heterocycles. The SMILES string of the molecule is CC1(CNc2cnnc3ccccc23)CC1. The predicted octanol–water partition coefficient (Wildman–Crippen LogP) is 2.84. The second-order valence-electron chi connectivity index (χ2n) is 4.94.